The van der Waals surface area contributed by atoms with Gasteiger partial charge in [0.2, 0.25) is 0 Å². The molecule has 3 aromatic carbocycles. The highest BCUT2D eigenvalue weighted by Gasteiger charge is 2.31. The van der Waals surface area contributed by atoms with Crippen LogP contribution in [0.1, 0.15) is 59.8 Å². The molecule has 42 heavy (non-hydrogen) atoms. The highest BCUT2D eigenvalue weighted by Crippen LogP contribution is 2.37. The first-order chi connectivity index (χ1) is 20.3. The van der Waals surface area contributed by atoms with Gasteiger partial charge in [0.25, 0.3) is 11.8 Å². The lowest BCUT2D eigenvalue weighted by Gasteiger charge is -2.39. The largest absolute Gasteiger partial charge is 0.482 e. The fourth-order valence-electron chi connectivity index (χ4n) is 5.80. The molecule has 7 heteroatoms. The molecule has 0 aliphatic carbocycles. The predicted octanol–water partition coefficient (Wildman–Crippen LogP) is 6.05. The van der Waals surface area contributed by atoms with Crippen LogP contribution in [0.3, 0.4) is 0 Å². The van der Waals surface area contributed by atoms with Gasteiger partial charge in [0, 0.05) is 26.2 Å². The van der Waals surface area contributed by atoms with Gasteiger partial charge in [-0.15, -0.1) is 0 Å². The fraction of sp³-hybridized carbons (Fsp3) is 0.314. The zero-order valence-corrected chi connectivity index (χ0v) is 24.5. The maximum absolute atomic E-state index is 13.5. The van der Waals surface area contributed by atoms with E-state index in [0.29, 0.717) is 30.4 Å². The first kappa shape index (κ1) is 27.8. The lowest BCUT2D eigenvalue weighted by atomic mass is 9.86. The van der Waals surface area contributed by atoms with Crippen molar-refractivity contribution in [2.75, 3.05) is 37.7 Å². The Labute approximate surface area is 247 Å². The average Bonchev–Trinajstić information content (AvgIpc) is 3.48. The van der Waals surface area contributed by atoms with Crippen LogP contribution in [0.25, 0.3) is 0 Å². The smallest absolute Gasteiger partial charge is 0.289 e. The van der Waals surface area contributed by atoms with Gasteiger partial charge in [-0.25, -0.2) is 0 Å². The normalized spacial score (nSPS) is 16.0. The Morgan fingerprint density at radius 3 is 2.10 bits per heavy atom. The molecule has 216 valence electrons. The second-order valence-corrected chi connectivity index (χ2v) is 12.0. The molecule has 0 bridgehead atoms. The van der Waals surface area contributed by atoms with E-state index in [1.165, 1.54) is 11.1 Å². The van der Waals surface area contributed by atoms with Gasteiger partial charge in [0.05, 0.1) is 18.3 Å². The van der Waals surface area contributed by atoms with Gasteiger partial charge in [-0.3, -0.25) is 19.4 Å². The van der Waals surface area contributed by atoms with E-state index in [4.69, 9.17) is 9.15 Å². The Balaban J connectivity index is 1.14. The van der Waals surface area contributed by atoms with Crippen LogP contribution in [0.2, 0.25) is 0 Å². The monoisotopic (exact) mass is 563 g/mol. The summed E-state index contributed by atoms with van der Waals surface area (Å²) < 4.78 is 11.7. The molecule has 0 spiro atoms. The lowest BCUT2D eigenvalue weighted by molar-refractivity contribution is -0.121. The first-order valence-electron chi connectivity index (χ1n) is 14.6. The van der Waals surface area contributed by atoms with E-state index >= 15 is 0 Å². The molecule has 0 unspecified atom stereocenters. The zero-order valence-electron chi connectivity index (χ0n) is 24.5. The third-order valence-electron chi connectivity index (χ3n) is 8.15. The van der Waals surface area contributed by atoms with E-state index in [1.807, 2.05) is 35.2 Å². The number of nitrogens with zero attached hydrogens (tertiary/aromatic N) is 3. The number of carbonyl (C=O) groups excluding carboxylic acids is 2. The molecule has 6 rings (SSSR count). The molecule has 2 aliphatic heterocycles. The number of benzene rings is 3. The number of ether oxygens (including phenoxy) is 1. The van der Waals surface area contributed by atoms with Crippen molar-refractivity contribution in [3.63, 3.8) is 0 Å². The summed E-state index contributed by atoms with van der Waals surface area (Å²) in [5, 5.41) is 0. The van der Waals surface area contributed by atoms with Crippen molar-refractivity contribution in [3.8, 4) is 5.75 Å². The highest BCUT2D eigenvalue weighted by molar-refractivity contribution is 5.98. The molecule has 7 nitrogen and oxygen atoms in total. The number of hydrogen-bond donors (Lipinski definition) is 0. The minimum atomic E-state index is -0.139. The molecule has 0 saturated carbocycles. The number of furan rings is 1. The molecule has 2 aliphatic rings. The van der Waals surface area contributed by atoms with Crippen LogP contribution in [-0.2, 0) is 16.8 Å². The van der Waals surface area contributed by atoms with Crippen LogP contribution in [0.4, 0.5) is 5.69 Å². The summed E-state index contributed by atoms with van der Waals surface area (Å²) >= 11 is 0. The van der Waals surface area contributed by atoms with E-state index in [9.17, 15) is 9.59 Å². The summed E-state index contributed by atoms with van der Waals surface area (Å²) in [4.78, 5) is 32.3. The second-order valence-electron chi connectivity index (χ2n) is 12.0. The lowest BCUT2D eigenvalue weighted by Crippen LogP contribution is -2.49. The fourth-order valence-corrected chi connectivity index (χ4v) is 5.80. The molecular formula is C35H37N3O4. The van der Waals surface area contributed by atoms with Gasteiger partial charge in [0.15, 0.2) is 12.4 Å². The van der Waals surface area contributed by atoms with Gasteiger partial charge < -0.3 is 14.1 Å². The number of anilines is 1. The standard InChI is InChI=1S/C35H37N3O4/c1-35(2,3)27-14-16-30-29(22-27)38(32(39)24-41-30)23-28-15-17-31(42-28)34(40)37-20-18-36(19-21-37)33(25-10-6-4-7-11-25)26-12-8-5-9-13-26/h4-17,22,33H,18-21,23-24H2,1-3H3. The van der Waals surface area contributed by atoms with Crippen molar-refractivity contribution < 1.29 is 18.7 Å². The average molecular weight is 564 g/mol. The van der Waals surface area contributed by atoms with Crippen molar-refractivity contribution in [3.05, 3.63) is 119 Å². The SMILES string of the molecule is CC(C)(C)c1ccc2c(c1)N(Cc1ccc(C(=O)N3CCN(C(c4ccccc4)c4ccccc4)CC3)o1)C(=O)CO2. The van der Waals surface area contributed by atoms with Crippen molar-refractivity contribution >= 4 is 17.5 Å². The summed E-state index contributed by atoms with van der Waals surface area (Å²) in [7, 11) is 0. The summed E-state index contributed by atoms with van der Waals surface area (Å²) in [5.41, 5.74) is 4.25. The number of fused-ring (bicyclic) bond motifs is 1. The first-order valence-corrected chi connectivity index (χ1v) is 14.6. The molecular weight excluding hydrogens is 526 g/mol. The van der Waals surface area contributed by atoms with Crippen LogP contribution in [0, 0.1) is 0 Å². The topological polar surface area (TPSA) is 66.2 Å². The summed E-state index contributed by atoms with van der Waals surface area (Å²) in [5.74, 6) is 1.27. The third-order valence-corrected chi connectivity index (χ3v) is 8.15. The van der Waals surface area contributed by atoms with E-state index in [0.717, 1.165) is 24.3 Å². The summed E-state index contributed by atoms with van der Waals surface area (Å²) in [6.07, 6.45) is 0. The van der Waals surface area contributed by atoms with Gasteiger partial charge in [0.1, 0.15) is 11.5 Å². The van der Waals surface area contributed by atoms with E-state index in [-0.39, 0.29) is 36.4 Å². The Hall–Kier alpha value is -4.36. The predicted molar refractivity (Wildman–Crippen MR) is 163 cm³/mol. The quantitative estimate of drug-likeness (QED) is 0.286. The Bertz CT molecular complexity index is 1510. The van der Waals surface area contributed by atoms with Gasteiger partial charge in [-0.05, 0) is 46.4 Å². The number of carbonyl (C=O) groups is 2. The molecule has 4 aromatic rings. The van der Waals surface area contributed by atoms with Crippen molar-refractivity contribution in [1.29, 1.82) is 0 Å². The number of piperazine rings is 1. The number of rotatable bonds is 6. The van der Waals surface area contributed by atoms with Crippen LogP contribution < -0.4 is 9.64 Å². The molecule has 2 amide bonds. The Morgan fingerprint density at radius 1 is 0.833 bits per heavy atom. The Morgan fingerprint density at radius 2 is 1.48 bits per heavy atom. The molecule has 0 N–H and O–H groups in total. The van der Waals surface area contributed by atoms with Gasteiger partial charge in [-0.1, -0.05) is 87.5 Å². The van der Waals surface area contributed by atoms with Crippen molar-refractivity contribution in [2.45, 2.75) is 38.8 Å². The third kappa shape index (κ3) is 5.70. The molecule has 1 fully saturated rings. The van der Waals surface area contributed by atoms with Crippen LogP contribution in [0.15, 0.2) is 95.4 Å². The van der Waals surface area contributed by atoms with Gasteiger partial charge >= 0.3 is 0 Å². The molecule has 0 radical (unpaired) electrons. The zero-order chi connectivity index (χ0) is 29.3. The number of hydrogen-bond acceptors (Lipinski definition) is 5. The van der Waals surface area contributed by atoms with Crippen molar-refractivity contribution in [1.82, 2.24) is 9.80 Å². The second kappa shape index (κ2) is 11.5. The van der Waals surface area contributed by atoms with E-state index < -0.39 is 0 Å². The summed E-state index contributed by atoms with van der Waals surface area (Å²) in [6, 6.07) is 30.7. The maximum Gasteiger partial charge on any atom is 0.289 e. The highest BCUT2D eigenvalue weighted by atomic mass is 16.5. The minimum Gasteiger partial charge on any atom is -0.482 e. The van der Waals surface area contributed by atoms with Crippen LogP contribution in [0.5, 0.6) is 5.75 Å². The van der Waals surface area contributed by atoms with E-state index in [2.05, 4.69) is 74.2 Å². The van der Waals surface area contributed by atoms with E-state index in [1.54, 1.807) is 17.0 Å². The van der Waals surface area contributed by atoms with Crippen molar-refractivity contribution in [2.24, 2.45) is 0 Å². The van der Waals surface area contributed by atoms with Crippen LogP contribution in [-0.4, -0.2) is 54.4 Å². The molecule has 1 aromatic heterocycles. The molecule has 1 saturated heterocycles. The Kier molecular flexibility index (Phi) is 7.60. The molecule has 0 atom stereocenters. The van der Waals surface area contributed by atoms with Gasteiger partial charge in [-0.2, -0.15) is 0 Å². The maximum atomic E-state index is 13.5. The number of amides is 2. The minimum absolute atomic E-state index is 0.0222. The van der Waals surface area contributed by atoms with Crippen LogP contribution >= 0.6 is 0 Å². The summed E-state index contributed by atoms with van der Waals surface area (Å²) in [6.45, 7) is 9.35. The molecule has 3 heterocycles.